The van der Waals surface area contributed by atoms with Crippen LogP contribution in [0.1, 0.15) is 40.9 Å². The lowest BCUT2D eigenvalue weighted by molar-refractivity contribution is 0.0668. The van der Waals surface area contributed by atoms with Crippen molar-refractivity contribution in [3.8, 4) is 5.75 Å². The molecule has 1 saturated heterocycles. The van der Waals surface area contributed by atoms with Crippen molar-refractivity contribution >= 4 is 17.5 Å². The summed E-state index contributed by atoms with van der Waals surface area (Å²) in [5, 5.41) is 4.99. The van der Waals surface area contributed by atoms with Crippen LogP contribution < -0.4 is 4.74 Å². The van der Waals surface area contributed by atoms with Crippen molar-refractivity contribution < 1.29 is 9.53 Å². The van der Waals surface area contributed by atoms with Gasteiger partial charge in [-0.2, -0.15) is 5.10 Å². The molecule has 1 aromatic heterocycles. The third kappa shape index (κ3) is 3.24. The third-order valence-corrected chi connectivity index (χ3v) is 4.56. The van der Waals surface area contributed by atoms with Crippen molar-refractivity contribution in [2.75, 3.05) is 20.2 Å². The summed E-state index contributed by atoms with van der Waals surface area (Å²) >= 11 is 6.06. The molecule has 1 amide bonds. The molecule has 0 aliphatic carbocycles. The zero-order valence-corrected chi connectivity index (χ0v) is 14.9. The second kappa shape index (κ2) is 6.81. The van der Waals surface area contributed by atoms with E-state index in [1.807, 2.05) is 23.4 Å². The van der Waals surface area contributed by atoms with E-state index in [9.17, 15) is 4.79 Å². The second-order valence-corrected chi connectivity index (χ2v) is 6.48. The number of carbonyl (C=O) groups is 1. The number of rotatable bonds is 3. The molecule has 0 bridgehead atoms. The van der Waals surface area contributed by atoms with Gasteiger partial charge in [-0.3, -0.25) is 4.79 Å². The van der Waals surface area contributed by atoms with Gasteiger partial charge in [0.15, 0.2) is 0 Å². The first kappa shape index (κ1) is 16.8. The number of likely N-dealkylation sites (tertiary alicyclic amines) is 1. The summed E-state index contributed by atoms with van der Waals surface area (Å²) in [6, 6.07) is 5.26. The van der Waals surface area contributed by atoms with Crippen molar-refractivity contribution in [3.63, 3.8) is 0 Å². The Balaban J connectivity index is 1.83. The Hall–Kier alpha value is -2.08. The molecule has 2 heterocycles. The van der Waals surface area contributed by atoms with Crippen LogP contribution in [0.4, 0.5) is 0 Å². The summed E-state index contributed by atoms with van der Waals surface area (Å²) in [5.41, 5.74) is 0.497. The van der Waals surface area contributed by atoms with E-state index in [4.69, 9.17) is 16.3 Å². The summed E-state index contributed by atoms with van der Waals surface area (Å²) in [4.78, 5) is 19.2. The van der Waals surface area contributed by atoms with Gasteiger partial charge in [0.2, 0.25) is 0 Å². The monoisotopic (exact) mass is 348 g/mol. The fraction of sp³-hybridized carbons (Fsp3) is 0.471. The summed E-state index contributed by atoms with van der Waals surface area (Å²) in [5.74, 6) is 2.12. The van der Waals surface area contributed by atoms with E-state index in [0.29, 0.717) is 22.9 Å². The fourth-order valence-electron chi connectivity index (χ4n) is 3.24. The largest absolute Gasteiger partial charge is 0.496 e. The van der Waals surface area contributed by atoms with Crippen molar-refractivity contribution in [1.29, 1.82) is 0 Å². The number of ether oxygens (including phenoxy) is 1. The molecule has 0 spiro atoms. The number of halogens is 1. The number of amides is 1. The molecule has 0 unspecified atom stereocenters. The Morgan fingerprint density at radius 3 is 2.83 bits per heavy atom. The first-order valence-corrected chi connectivity index (χ1v) is 8.40. The minimum atomic E-state index is -0.0615. The number of benzene rings is 1. The Morgan fingerprint density at radius 1 is 1.38 bits per heavy atom. The Kier molecular flexibility index (Phi) is 4.76. The summed E-state index contributed by atoms with van der Waals surface area (Å²) < 4.78 is 7.25. The van der Waals surface area contributed by atoms with Gasteiger partial charge in [-0.25, -0.2) is 9.67 Å². The summed E-state index contributed by atoms with van der Waals surface area (Å²) in [7, 11) is 1.56. The number of hydrogen-bond donors (Lipinski definition) is 0. The summed E-state index contributed by atoms with van der Waals surface area (Å²) in [6.45, 7) is 5.16. The zero-order chi connectivity index (χ0) is 17.3. The Labute approximate surface area is 146 Å². The van der Waals surface area contributed by atoms with Crippen molar-refractivity contribution in [1.82, 2.24) is 19.7 Å². The zero-order valence-electron chi connectivity index (χ0n) is 14.1. The number of hydrogen-bond acceptors (Lipinski definition) is 4. The van der Waals surface area contributed by atoms with Crippen LogP contribution in [-0.4, -0.2) is 45.8 Å². The SMILES string of the molecule is COc1ccc(Cl)cc1C(=O)N1CCC[C@@H](n2nc(C)nc2C)C1. The highest BCUT2D eigenvalue weighted by Gasteiger charge is 2.28. The first-order valence-electron chi connectivity index (χ1n) is 8.02. The van der Waals surface area contributed by atoms with Crippen LogP contribution in [0.3, 0.4) is 0 Å². The molecule has 1 atom stereocenters. The van der Waals surface area contributed by atoms with Crippen LogP contribution in [-0.2, 0) is 0 Å². The maximum atomic E-state index is 12.9. The topological polar surface area (TPSA) is 60.2 Å². The van der Waals surface area contributed by atoms with Crippen molar-refractivity contribution in [2.45, 2.75) is 32.7 Å². The van der Waals surface area contributed by atoms with Crippen LogP contribution in [0.15, 0.2) is 18.2 Å². The highest BCUT2D eigenvalue weighted by molar-refractivity contribution is 6.31. The number of carbonyl (C=O) groups excluding carboxylic acids is 1. The predicted molar refractivity (Wildman–Crippen MR) is 91.7 cm³/mol. The average Bonchev–Trinajstić information content (AvgIpc) is 2.92. The van der Waals surface area contributed by atoms with E-state index in [2.05, 4.69) is 10.1 Å². The average molecular weight is 349 g/mol. The van der Waals surface area contributed by atoms with Crippen LogP contribution in [0.2, 0.25) is 5.02 Å². The molecule has 1 aliphatic heterocycles. The standard InChI is InChI=1S/C17H21ClN4O2/c1-11-19-12(2)22(20-11)14-5-4-8-21(10-14)17(23)15-9-13(18)6-7-16(15)24-3/h6-7,9,14H,4-5,8,10H2,1-3H3/t14-/m1/s1. The Bertz CT molecular complexity index is 759. The van der Waals surface area contributed by atoms with Gasteiger partial charge in [-0.1, -0.05) is 11.6 Å². The number of piperidine rings is 1. The van der Waals surface area contributed by atoms with Gasteiger partial charge in [-0.15, -0.1) is 0 Å². The van der Waals surface area contributed by atoms with Crippen LogP contribution >= 0.6 is 11.6 Å². The normalized spacial score (nSPS) is 17.8. The smallest absolute Gasteiger partial charge is 0.257 e. The van der Waals surface area contributed by atoms with Crippen molar-refractivity contribution in [3.05, 3.63) is 40.4 Å². The van der Waals surface area contributed by atoms with Gasteiger partial charge in [0.05, 0.1) is 18.7 Å². The molecular formula is C17H21ClN4O2. The maximum absolute atomic E-state index is 12.9. The molecule has 6 nitrogen and oxygen atoms in total. The predicted octanol–water partition coefficient (Wildman–Crippen LogP) is 3.03. The number of aryl methyl sites for hydroxylation is 2. The lowest BCUT2D eigenvalue weighted by Gasteiger charge is -2.33. The molecule has 3 rings (SSSR count). The highest BCUT2D eigenvalue weighted by atomic mass is 35.5. The number of nitrogens with zero attached hydrogens (tertiary/aromatic N) is 4. The molecule has 1 fully saturated rings. The van der Waals surface area contributed by atoms with Crippen LogP contribution in [0.25, 0.3) is 0 Å². The van der Waals surface area contributed by atoms with E-state index in [1.54, 1.807) is 25.3 Å². The third-order valence-electron chi connectivity index (χ3n) is 4.33. The van der Waals surface area contributed by atoms with Crippen molar-refractivity contribution in [2.24, 2.45) is 0 Å². The van der Waals surface area contributed by atoms with E-state index >= 15 is 0 Å². The van der Waals surface area contributed by atoms with E-state index in [0.717, 1.165) is 31.0 Å². The molecule has 0 N–H and O–H groups in total. The minimum absolute atomic E-state index is 0.0615. The highest BCUT2D eigenvalue weighted by Crippen LogP contribution is 2.28. The molecule has 0 radical (unpaired) electrons. The minimum Gasteiger partial charge on any atom is -0.496 e. The second-order valence-electron chi connectivity index (χ2n) is 6.04. The van der Waals surface area contributed by atoms with E-state index in [1.165, 1.54) is 0 Å². The van der Waals surface area contributed by atoms with Gasteiger partial charge < -0.3 is 9.64 Å². The van der Waals surface area contributed by atoms with Crippen LogP contribution in [0.5, 0.6) is 5.75 Å². The molecule has 1 aliphatic rings. The molecule has 2 aromatic rings. The maximum Gasteiger partial charge on any atom is 0.257 e. The van der Waals surface area contributed by atoms with Gasteiger partial charge in [0, 0.05) is 18.1 Å². The van der Waals surface area contributed by atoms with Gasteiger partial charge in [0.25, 0.3) is 5.91 Å². The lowest BCUT2D eigenvalue weighted by atomic mass is 10.0. The lowest BCUT2D eigenvalue weighted by Crippen LogP contribution is -2.41. The Morgan fingerprint density at radius 2 is 2.17 bits per heavy atom. The van der Waals surface area contributed by atoms with Gasteiger partial charge in [-0.05, 0) is 44.9 Å². The van der Waals surface area contributed by atoms with Crippen LogP contribution in [0, 0.1) is 13.8 Å². The molecule has 128 valence electrons. The molecule has 24 heavy (non-hydrogen) atoms. The van der Waals surface area contributed by atoms with Gasteiger partial charge >= 0.3 is 0 Å². The molecule has 7 heteroatoms. The molecule has 0 saturated carbocycles. The fourth-order valence-corrected chi connectivity index (χ4v) is 3.41. The summed E-state index contributed by atoms with van der Waals surface area (Å²) in [6.07, 6.45) is 1.91. The van der Waals surface area contributed by atoms with Gasteiger partial charge in [0.1, 0.15) is 17.4 Å². The van der Waals surface area contributed by atoms with E-state index in [-0.39, 0.29) is 11.9 Å². The first-order chi connectivity index (χ1) is 11.5. The quantitative estimate of drug-likeness (QED) is 0.855. The molecule has 1 aromatic carbocycles. The van der Waals surface area contributed by atoms with E-state index < -0.39 is 0 Å². The molecular weight excluding hydrogens is 328 g/mol. The number of aromatic nitrogens is 3. The number of methoxy groups -OCH3 is 1.